The van der Waals surface area contributed by atoms with Gasteiger partial charge in [-0.3, -0.25) is 19.3 Å². The first-order valence-electron chi connectivity index (χ1n) is 10.8. The van der Waals surface area contributed by atoms with Crippen LogP contribution in [-0.4, -0.2) is 53.8 Å². The lowest BCUT2D eigenvalue weighted by Crippen LogP contribution is -2.48. The Kier molecular flexibility index (Phi) is 5.17. The molecule has 0 bridgehead atoms. The Hall–Kier alpha value is -3.26. The van der Waals surface area contributed by atoms with Crippen LogP contribution in [0.5, 0.6) is 0 Å². The lowest BCUT2D eigenvalue weighted by atomic mass is 10.1. The van der Waals surface area contributed by atoms with Gasteiger partial charge in [0.05, 0.1) is 15.9 Å². The van der Waals surface area contributed by atoms with E-state index in [-0.39, 0.29) is 30.6 Å². The minimum Gasteiger partial charge on any atom is -0.345 e. The van der Waals surface area contributed by atoms with E-state index in [4.69, 9.17) is 4.98 Å². The van der Waals surface area contributed by atoms with Gasteiger partial charge in [-0.05, 0) is 55.3 Å². The quantitative estimate of drug-likeness (QED) is 0.573. The normalized spacial score (nSPS) is 17.0. The van der Waals surface area contributed by atoms with E-state index in [0.717, 1.165) is 10.6 Å². The van der Waals surface area contributed by atoms with Gasteiger partial charge in [-0.25, -0.2) is 4.98 Å². The Bertz CT molecular complexity index is 1190. The van der Waals surface area contributed by atoms with Crippen molar-refractivity contribution in [3.63, 3.8) is 0 Å². The number of aromatic nitrogens is 1. The van der Waals surface area contributed by atoms with Crippen LogP contribution in [0.1, 0.15) is 34.3 Å². The molecule has 8 heteroatoms. The number of benzene rings is 2. The maximum Gasteiger partial charge on any atom is 0.254 e. The molecule has 32 heavy (non-hydrogen) atoms. The second-order valence-corrected chi connectivity index (χ2v) is 9.36. The van der Waals surface area contributed by atoms with Gasteiger partial charge >= 0.3 is 0 Å². The second kappa shape index (κ2) is 8.02. The number of aryl methyl sites for hydroxylation is 2. The first-order valence-corrected chi connectivity index (χ1v) is 11.6. The van der Waals surface area contributed by atoms with Gasteiger partial charge in [0, 0.05) is 44.6 Å². The Morgan fingerprint density at radius 3 is 2.34 bits per heavy atom. The number of nitrogens with zero attached hydrogens (tertiary/aromatic N) is 4. The highest BCUT2D eigenvalue weighted by Gasteiger charge is 2.31. The van der Waals surface area contributed by atoms with Gasteiger partial charge in [0.2, 0.25) is 11.8 Å². The lowest BCUT2D eigenvalue weighted by molar-refractivity contribution is -0.121. The van der Waals surface area contributed by atoms with Crippen molar-refractivity contribution in [1.82, 2.24) is 9.88 Å². The zero-order valence-electron chi connectivity index (χ0n) is 18.1. The number of hydrogen-bond acceptors (Lipinski definition) is 6. The summed E-state index contributed by atoms with van der Waals surface area (Å²) in [5, 5.41) is 0.991. The average molecular weight is 449 g/mol. The Balaban J connectivity index is 1.28. The summed E-state index contributed by atoms with van der Waals surface area (Å²) < 4.78 is 1.18. The Morgan fingerprint density at radius 2 is 1.62 bits per heavy atom. The largest absolute Gasteiger partial charge is 0.345 e. The van der Waals surface area contributed by atoms with Gasteiger partial charge in [0.25, 0.3) is 5.91 Å². The predicted octanol–water partition coefficient (Wildman–Crippen LogP) is 3.53. The van der Waals surface area contributed by atoms with E-state index >= 15 is 0 Å². The molecular weight excluding hydrogens is 424 g/mol. The maximum absolute atomic E-state index is 13.1. The van der Waals surface area contributed by atoms with Crippen LogP contribution in [0.25, 0.3) is 10.2 Å². The lowest BCUT2D eigenvalue weighted by Gasteiger charge is -2.34. The highest BCUT2D eigenvalue weighted by molar-refractivity contribution is 7.22. The highest BCUT2D eigenvalue weighted by atomic mass is 32.1. The fourth-order valence-corrected chi connectivity index (χ4v) is 5.33. The molecule has 0 unspecified atom stereocenters. The van der Waals surface area contributed by atoms with Gasteiger partial charge < -0.3 is 9.80 Å². The van der Waals surface area contributed by atoms with Crippen LogP contribution >= 0.6 is 11.3 Å². The van der Waals surface area contributed by atoms with Crippen molar-refractivity contribution < 1.29 is 14.4 Å². The predicted molar refractivity (Wildman–Crippen MR) is 125 cm³/mol. The zero-order chi connectivity index (χ0) is 22.4. The Labute approximate surface area is 190 Å². The molecule has 0 saturated carbocycles. The van der Waals surface area contributed by atoms with E-state index in [0.29, 0.717) is 37.4 Å². The topological polar surface area (TPSA) is 73.8 Å². The summed E-state index contributed by atoms with van der Waals surface area (Å²) in [7, 11) is 0. The van der Waals surface area contributed by atoms with Crippen molar-refractivity contribution in [2.24, 2.45) is 0 Å². The molecule has 3 heterocycles. The standard InChI is InChI=1S/C24H24N4O3S/c1-15-12-19-20(13-16(15)2)32-24(25-19)27-10-8-26(9-11-27)23(31)17-4-3-5-18(14-17)28-21(29)6-7-22(28)30/h3-5,12-14H,6-11H2,1-2H3. The van der Waals surface area contributed by atoms with Crippen molar-refractivity contribution in [3.8, 4) is 0 Å². The number of carbonyl (C=O) groups is 3. The summed E-state index contributed by atoms with van der Waals surface area (Å²) in [6.45, 7) is 6.83. The number of thiazole rings is 1. The summed E-state index contributed by atoms with van der Waals surface area (Å²) in [5.41, 5.74) is 4.50. The fraction of sp³-hybridized carbons (Fsp3) is 0.333. The summed E-state index contributed by atoms with van der Waals surface area (Å²) in [5.74, 6) is -0.509. The molecular formula is C24H24N4O3S. The van der Waals surface area contributed by atoms with Gasteiger partial charge in [-0.1, -0.05) is 17.4 Å². The van der Waals surface area contributed by atoms with Crippen LogP contribution in [0.4, 0.5) is 10.8 Å². The number of carbonyl (C=O) groups excluding carboxylic acids is 3. The number of rotatable bonds is 3. The Morgan fingerprint density at radius 1 is 0.938 bits per heavy atom. The minimum atomic E-state index is -0.213. The molecule has 0 N–H and O–H groups in total. The number of hydrogen-bond donors (Lipinski definition) is 0. The van der Waals surface area contributed by atoms with E-state index < -0.39 is 0 Å². The van der Waals surface area contributed by atoms with Crippen molar-refractivity contribution in [2.45, 2.75) is 26.7 Å². The van der Waals surface area contributed by atoms with Crippen LogP contribution in [0.2, 0.25) is 0 Å². The molecule has 2 aromatic carbocycles. The average Bonchev–Trinajstić information content (AvgIpc) is 3.36. The second-order valence-electron chi connectivity index (χ2n) is 8.35. The summed E-state index contributed by atoms with van der Waals surface area (Å²) in [4.78, 5) is 47.2. The smallest absolute Gasteiger partial charge is 0.254 e. The molecule has 5 rings (SSSR count). The van der Waals surface area contributed by atoms with Crippen molar-refractivity contribution in [3.05, 3.63) is 53.1 Å². The van der Waals surface area contributed by atoms with E-state index in [1.807, 2.05) is 4.90 Å². The van der Waals surface area contributed by atoms with E-state index in [1.165, 1.54) is 20.7 Å². The summed E-state index contributed by atoms with van der Waals surface area (Å²) in [6.07, 6.45) is 0.452. The van der Waals surface area contributed by atoms with Gasteiger partial charge in [-0.2, -0.15) is 0 Å². The third-order valence-corrected chi connectivity index (χ3v) is 7.31. The molecule has 2 fully saturated rings. The van der Waals surface area contributed by atoms with Crippen LogP contribution in [-0.2, 0) is 9.59 Å². The number of amides is 3. The monoisotopic (exact) mass is 448 g/mol. The van der Waals surface area contributed by atoms with Gasteiger partial charge in [0.15, 0.2) is 5.13 Å². The third-order valence-electron chi connectivity index (χ3n) is 6.23. The van der Waals surface area contributed by atoms with Crippen molar-refractivity contribution in [2.75, 3.05) is 36.0 Å². The van der Waals surface area contributed by atoms with Crippen LogP contribution < -0.4 is 9.80 Å². The summed E-state index contributed by atoms with van der Waals surface area (Å²) >= 11 is 1.69. The summed E-state index contributed by atoms with van der Waals surface area (Å²) in [6, 6.07) is 11.1. The third kappa shape index (κ3) is 3.64. The molecule has 0 spiro atoms. The van der Waals surface area contributed by atoms with E-state index in [2.05, 4.69) is 30.9 Å². The molecule has 2 aliphatic rings. The van der Waals surface area contributed by atoms with E-state index in [1.54, 1.807) is 35.6 Å². The van der Waals surface area contributed by atoms with Crippen LogP contribution in [0.15, 0.2) is 36.4 Å². The first kappa shape index (κ1) is 20.6. The number of fused-ring (bicyclic) bond motifs is 1. The molecule has 0 aliphatic carbocycles. The SMILES string of the molecule is Cc1cc2nc(N3CCN(C(=O)c4cccc(N5C(=O)CCC5=O)c4)CC3)sc2cc1C. The van der Waals surface area contributed by atoms with Crippen molar-refractivity contribution in [1.29, 1.82) is 0 Å². The minimum absolute atomic E-state index is 0.0823. The molecule has 0 atom stereocenters. The zero-order valence-corrected chi connectivity index (χ0v) is 18.9. The fourth-order valence-electron chi connectivity index (χ4n) is 4.23. The molecule has 1 aromatic heterocycles. The van der Waals surface area contributed by atoms with Crippen LogP contribution in [0.3, 0.4) is 0 Å². The number of imide groups is 1. The van der Waals surface area contributed by atoms with Crippen LogP contribution in [0, 0.1) is 13.8 Å². The van der Waals surface area contributed by atoms with Gasteiger partial charge in [0.1, 0.15) is 0 Å². The highest BCUT2D eigenvalue weighted by Crippen LogP contribution is 2.31. The van der Waals surface area contributed by atoms with Gasteiger partial charge in [-0.15, -0.1) is 0 Å². The molecule has 2 saturated heterocycles. The molecule has 0 radical (unpaired) electrons. The number of piperazine rings is 1. The molecule has 7 nitrogen and oxygen atoms in total. The molecule has 2 aliphatic heterocycles. The number of anilines is 2. The molecule has 164 valence electrons. The van der Waals surface area contributed by atoms with E-state index in [9.17, 15) is 14.4 Å². The molecule has 3 amide bonds. The maximum atomic E-state index is 13.1. The van der Waals surface area contributed by atoms with Crippen molar-refractivity contribution >= 4 is 50.1 Å². The molecule has 3 aromatic rings. The first-order chi connectivity index (χ1) is 15.4.